The summed E-state index contributed by atoms with van der Waals surface area (Å²) in [5.41, 5.74) is 1.28. The first-order valence-electron chi connectivity index (χ1n) is 6.59. The number of nitrogens with zero attached hydrogens (tertiary/aromatic N) is 2. The summed E-state index contributed by atoms with van der Waals surface area (Å²) in [6.07, 6.45) is 7.17. The zero-order chi connectivity index (χ0) is 11.8. The molecule has 0 amide bonds. The van der Waals surface area contributed by atoms with Crippen molar-refractivity contribution in [2.75, 3.05) is 13.7 Å². The Kier molecular flexibility index (Phi) is 2.82. The van der Waals surface area contributed by atoms with Gasteiger partial charge >= 0.3 is 0 Å². The topological polar surface area (TPSA) is 39.1 Å². The highest BCUT2D eigenvalue weighted by molar-refractivity contribution is 5.30. The number of rotatable bonds is 5. The van der Waals surface area contributed by atoms with E-state index >= 15 is 0 Å². The lowest BCUT2D eigenvalue weighted by atomic mass is 9.71. The molecule has 0 bridgehead atoms. The van der Waals surface area contributed by atoms with Gasteiger partial charge in [-0.25, -0.2) is 0 Å². The van der Waals surface area contributed by atoms with E-state index < -0.39 is 0 Å². The molecule has 0 saturated heterocycles. The van der Waals surface area contributed by atoms with Crippen molar-refractivity contribution >= 4 is 0 Å². The molecule has 1 N–H and O–H groups in total. The number of aryl methyl sites for hydroxylation is 1. The van der Waals surface area contributed by atoms with Crippen LogP contribution in [0.25, 0.3) is 0 Å². The second-order valence-corrected chi connectivity index (χ2v) is 5.35. The summed E-state index contributed by atoms with van der Waals surface area (Å²) in [5, 5.41) is 7.94. The zero-order valence-corrected chi connectivity index (χ0v) is 10.6. The summed E-state index contributed by atoms with van der Waals surface area (Å²) in [6.45, 7) is 1.16. The van der Waals surface area contributed by atoms with Gasteiger partial charge in [-0.05, 0) is 38.1 Å². The van der Waals surface area contributed by atoms with Crippen molar-refractivity contribution in [2.24, 2.45) is 13.0 Å². The quantitative estimate of drug-likeness (QED) is 0.844. The normalized spacial score (nSPS) is 27.9. The van der Waals surface area contributed by atoms with Crippen molar-refractivity contribution in [3.8, 4) is 5.75 Å². The largest absolute Gasteiger partial charge is 0.493 e. The van der Waals surface area contributed by atoms with Crippen LogP contribution in [0.3, 0.4) is 0 Å². The average Bonchev–Trinajstić information content (AvgIpc) is 3.04. The standard InChI is InChI=1S/C13H21N3O/c1-16-13(12(17-2)8-15-16)11-6-3-9(11)7-14-10-4-5-10/h8-11,14H,3-7H2,1-2H3. The third-order valence-electron chi connectivity index (χ3n) is 4.18. The summed E-state index contributed by atoms with van der Waals surface area (Å²) in [4.78, 5) is 0. The van der Waals surface area contributed by atoms with Gasteiger partial charge in [0.15, 0.2) is 5.75 Å². The van der Waals surface area contributed by atoms with Crippen LogP contribution in [0.2, 0.25) is 0 Å². The van der Waals surface area contributed by atoms with Gasteiger partial charge in [-0.2, -0.15) is 5.10 Å². The number of methoxy groups -OCH3 is 1. The van der Waals surface area contributed by atoms with Crippen LogP contribution in [-0.2, 0) is 7.05 Å². The predicted octanol–water partition coefficient (Wildman–Crippen LogP) is 1.67. The first-order chi connectivity index (χ1) is 8.29. The smallest absolute Gasteiger partial charge is 0.160 e. The van der Waals surface area contributed by atoms with Gasteiger partial charge in [0.05, 0.1) is 19.0 Å². The molecule has 2 fully saturated rings. The van der Waals surface area contributed by atoms with Crippen LogP contribution in [0.15, 0.2) is 6.20 Å². The maximum atomic E-state index is 5.41. The Hall–Kier alpha value is -1.03. The van der Waals surface area contributed by atoms with E-state index in [4.69, 9.17) is 4.74 Å². The monoisotopic (exact) mass is 235 g/mol. The van der Waals surface area contributed by atoms with Crippen LogP contribution in [-0.4, -0.2) is 29.5 Å². The van der Waals surface area contributed by atoms with Crippen LogP contribution in [0.4, 0.5) is 0 Å². The molecule has 0 aromatic carbocycles. The van der Waals surface area contributed by atoms with E-state index in [2.05, 4.69) is 10.4 Å². The minimum atomic E-state index is 0.628. The van der Waals surface area contributed by atoms with Crippen molar-refractivity contribution in [2.45, 2.75) is 37.6 Å². The maximum Gasteiger partial charge on any atom is 0.160 e. The van der Waals surface area contributed by atoms with Gasteiger partial charge in [-0.1, -0.05) is 0 Å². The highest BCUT2D eigenvalue weighted by atomic mass is 16.5. The van der Waals surface area contributed by atoms with Crippen molar-refractivity contribution in [1.29, 1.82) is 0 Å². The first kappa shape index (κ1) is 11.1. The minimum absolute atomic E-state index is 0.628. The molecule has 1 aromatic rings. The SMILES string of the molecule is COc1cnn(C)c1C1CCC1CNC1CC1. The molecule has 2 atom stereocenters. The first-order valence-corrected chi connectivity index (χ1v) is 6.59. The molecule has 4 heteroatoms. The van der Waals surface area contributed by atoms with Gasteiger partial charge in [-0.15, -0.1) is 0 Å². The number of aromatic nitrogens is 2. The van der Waals surface area contributed by atoms with Gasteiger partial charge < -0.3 is 10.1 Å². The number of hydrogen-bond donors (Lipinski definition) is 1. The molecular weight excluding hydrogens is 214 g/mol. The molecule has 1 aromatic heterocycles. The lowest BCUT2D eigenvalue weighted by Gasteiger charge is -2.37. The summed E-state index contributed by atoms with van der Waals surface area (Å²) in [6, 6.07) is 0.810. The average molecular weight is 235 g/mol. The van der Waals surface area contributed by atoms with Crippen molar-refractivity contribution in [1.82, 2.24) is 15.1 Å². The maximum absolute atomic E-state index is 5.41. The molecule has 2 unspecified atom stereocenters. The summed E-state index contributed by atoms with van der Waals surface area (Å²) >= 11 is 0. The lowest BCUT2D eigenvalue weighted by molar-refractivity contribution is 0.229. The molecule has 94 valence electrons. The van der Waals surface area contributed by atoms with Crippen molar-refractivity contribution in [3.63, 3.8) is 0 Å². The van der Waals surface area contributed by atoms with E-state index in [0.717, 1.165) is 24.3 Å². The van der Waals surface area contributed by atoms with Crippen LogP contribution in [0, 0.1) is 5.92 Å². The van der Waals surface area contributed by atoms with Crippen LogP contribution >= 0.6 is 0 Å². The molecule has 2 saturated carbocycles. The van der Waals surface area contributed by atoms with Gasteiger partial charge in [-0.3, -0.25) is 4.68 Å². The fraction of sp³-hybridized carbons (Fsp3) is 0.769. The Balaban J connectivity index is 1.67. The van der Waals surface area contributed by atoms with Gasteiger partial charge in [0.2, 0.25) is 0 Å². The molecule has 2 aliphatic rings. The molecule has 2 aliphatic carbocycles. The van der Waals surface area contributed by atoms with Gasteiger partial charge in [0, 0.05) is 19.0 Å². The highest BCUT2D eigenvalue weighted by Gasteiger charge is 2.37. The minimum Gasteiger partial charge on any atom is -0.493 e. The summed E-state index contributed by atoms with van der Waals surface area (Å²) < 4.78 is 7.38. The van der Waals surface area contributed by atoms with Crippen molar-refractivity contribution in [3.05, 3.63) is 11.9 Å². The molecular formula is C13H21N3O. The summed E-state index contributed by atoms with van der Waals surface area (Å²) in [7, 11) is 3.75. The number of hydrogen-bond acceptors (Lipinski definition) is 3. The van der Waals surface area contributed by atoms with E-state index in [1.54, 1.807) is 7.11 Å². The van der Waals surface area contributed by atoms with Gasteiger partial charge in [0.1, 0.15) is 0 Å². The molecule has 17 heavy (non-hydrogen) atoms. The second kappa shape index (κ2) is 4.33. The molecule has 0 aliphatic heterocycles. The molecule has 0 spiro atoms. The molecule has 0 radical (unpaired) electrons. The predicted molar refractivity (Wildman–Crippen MR) is 66.2 cm³/mol. The Morgan fingerprint density at radius 3 is 2.82 bits per heavy atom. The third kappa shape index (κ3) is 2.06. The third-order valence-corrected chi connectivity index (χ3v) is 4.18. The Morgan fingerprint density at radius 1 is 1.41 bits per heavy atom. The fourth-order valence-corrected chi connectivity index (χ4v) is 2.79. The molecule has 1 heterocycles. The number of ether oxygens (including phenoxy) is 1. The van der Waals surface area contributed by atoms with Crippen LogP contribution < -0.4 is 10.1 Å². The Labute approximate surface area is 102 Å². The Bertz CT molecular complexity index is 397. The molecule has 3 rings (SSSR count). The van der Waals surface area contributed by atoms with Crippen LogP contribution in [0.1, 0.15) is 37.3 Å². The summed E-state index contributed by atoms with van der Waals surface area (Å²) in [5.74, 6) is 2.34. The Morgan fingerprint density at radius 2 is 2.24 bits per heavy atom. The van der Waals surface area contributed by atoms with Gasteiger partial charge in [0.25, 0.3) is 0 Å². The molecule has 4 nitrogen and oxygen atoms in total. The van der Waals surface area contributed by atoms with E-state index in [9.17, 15) is 0 Å². The zero-order valence-electron chi connectivity index (χ0n) is 10.6. The highest BCUT2D eigenvalue weighted by Crippen LogP contribution is 2.45. The van der Waals surface area contributed by atoms with Crippen molar-refractivity contribution < 1.29 is 4.74 Å². The number of nitrogens with one attached hydrogen (secondary N) is 1. The van der Waals surface area contributed by atoms with E-state index in [-0.39, 0.29) is 0 Å². The lowest BCUT2D eigenvalue weighted by Crippen LogP contribution is -2.35. The van der Waals surface area contributed by atoms with Crippen LogP contribution in [0.5, 0.6) is 5.75 Å². The van der Waals surface area contributed by atoms with E-state index in [1.165, 1.54) is 31.4 Å². The second-order valence-electron chi connectivity index (χ2n) is 5.35. The fourth-order valence-electron chi connectivity index (χ4n) is 2.79. The van der Waals surface area contributed by atoms with E-state index in [1.807, 2.05) is 17.9 Å². The van der Waals surface area contributed by atoms with E-state index in [0.29, 0.717) is 5.92 Å².